The van der Waals surface area contributed by atoms with Gasteiger partial charge in [-0.05, 0) is 37.6 Å². The average molecular weight is 367 g/mol. The van der Waals surface area contributed by atoms with Crippen LogP contribution >= 0.6 is 23.2 Å². The Morgan fingerprint density at radius 2 is 1.96 bits per heavy atom. The summed E-state index contributed by atoms with van der Waals surface area (Å²) in [5, 5.41) is 3.96. The van der Waals surface area contributed by atoms with E-state index in [1.807, 2.05) is 6.92 Å². The van der Waals surface area contributed by atoms with E-state index in [9.17, 15) is 4.79 Å². The van der Waals surface area contributed by atoms with Gasteiger partial charge in [0.1, 0.15) is 5.69 Å². The Bertz CT molecular complexity index is 737. The minimum atomic E-state index is -0.119. The zero-order valence-electron chi connectivity index (χ0n) is 13.9. The first-order valence-corrected chi connectivity index (χ1v) is 8.49. The van der Waals surface area contributed by atoms with Gasteiger partial charge in [0.25, 0.3) is 5.91 Å². The lowest BCUT2D eigenvalue weighted by atomic mass is 10.2. The Labute approximate surface area is 152 Å². The Kier molecular flexibility index (Phi) is 6.40. The van der Waals surface area contributed by atoms with Gasteiger partial charge in [-0.15, -0.1) is 0 Å². The van der Waals surface area contributed by atoms with Gasteiger partial charge in [0.15, 0.2) is 0 Å². The number of nitrogens with one attached hydrogen (secondary N) is 1. The second-order valence-electron chi connectivity index (χ2n) is 5.55. The number of rotatable bonds is 6. The van der Waals surface area contributed by atoms with Crippen LogP contribution in [-0.4, -0.2) is 34.4 Å². The molecule has 0 radical (unpaired) electrons. The molecule has 0 saturated carbocycles. The van der Waals surface area contributed by atoms with Crippen molar-refractivity contribution in [3.05, 3.63) is 45.7 Å². The molecule has 0 aliphatic carbocycles. The van der Waals surface area contributed by atoms with E-state index in [1.165, 1.54) is 0 Å². The molecule has 128 valence electrons. The highest BCUT2D eigenvalue weighted by molar-refractivity contribution is 6.42. The summed E-state index contributed by atoms with van der Waals surface area (Å²) in [6, 6.07) is 6.83. The van der Waals surface area contributed by atoms with E-state index in [0.29, 0.717) is 39.6 Å². The number of unbranched alkanes of at least 4 members (excludes halogenated alkanes) is 1. The summed E-state index contributed by atoms with van der Waals surface area (Å²) >= 11 is 11.9. The van der Waals surface area contributed by atoms with Crippen LogP contribution in [0, 0.1) is 6.92 Å². The van der Waals surface area contributed by atoms with Crippen LogP contribution in [0.1, 0.15) is 35.9 Å². The first-order chi connectivity index (χ1) is 11.4. The molecule has 1 N–H and O–H groups in total. The molecule has 0 saturated heterocycles. The van der Waals surface area contributed by atoms with Crippen molar-refractivity contribution in [2.45, 2.75) is 26.7 Å². The number of anilines is 2. The number of benzene rings is 1. The van der Waals surface area contributed by atoms with Crippen LogP contribution in [0.5, 0.6) is 0 Å². The SMILES string of the molecule is CCCCN(C)C(=O)c1cc(C)nc(Nc2ccc(Cl)c(Cl)c2)n1. The maximum absolute atomic E-state index is 12.5. The normalized spacial score (nSPS) is 10.5. The van der Waals surface area contributed by atoms with Crippen LogP contribution in [0.4, 0.5) is 11.6 Å². The van der Waals surface area contributed by atoms with Crippen LogP contribution in [0.25, 0.3) is 0 Å². The number of halogens is 2. The summed E-state index contributed by atoms with van der Waals surface area (Å²) in [6.45, 7) is 4.62. The molecule has 7 heteroatoms. The van der Waals surface area contributed by atoms with Gasteiger partial charge >= 0.3 is 0 Å². The molecular weight excluding hydrogens is 347 g/mol. The quantitative estimate of drug-likeness (QED) is 0.804. The number of aryl methyl sites for hydroxylation is 1. The molecular formula is C17H20Cl2N4O. The van der Waals surface area contributed by atoms with Crippen LogP contribution in [0.2, 0.25) is 10.0 Å². The second kappa shape index (κ2) is 8.31. The number of carbonyl (C=O) groups excluding carboxylic acids is 1. The van der Waals surface area contributed by atoms with Crippen LogP contribution in [-0.2, 0) is 0 Å². The molecule has 1 aromatic carbocycles. The summed E-state index contributed by atoms with van der Waals surface area (Å²) in [5.41, 5.74) is 1.77. The number of aromatic nitrogens is 2. The van der Waals surface area contributed by atoms with E-state index in [1.54, 1.807) is 36.2 Å². The first kappa shape index (κ1) is 18.5. The van der Waals surface area contributed by atoms with Crippen molar-refractivity contribution in [2.75, 3.05) is 18.9 Å². The minimum Gasteiger partial charge on any atom is -0.340 e. The lowest BCUT2D eigenvalue weighted by Gasteiger charge is -2.17. The lowest BCUT2D eigenvalue weighted by Crippen LogP contribution is -2.28. The zero-order valence-corrected chi connectivity index (χ0v) is 15.4. The molecule has 0 bridgehead atoms. The number of nitrogens with zero attached hydrogens (tertiary/aromatic N) is 3. The molecule has 1 aromatic heterocycles. The molecule has 0 spiro atoms. The third-order valence-electron chi connectivity index (χ3n) is 3.44. The molecule has 24 heavy (non-hydrogen) atoms. The van der Waals surface area contributed by atoms with Gasteiger partial charge in [-0.1, -0.05) is 36.5 Å². The fourth-order valence-corrected chi connectivity index (χ4v) is 2.43. The Morgan fingerprint density at radius 1 is 1.21 bits per heavy atom. The van der Waals surface area contributed by atoms with Crippen molar-refractivity contribution in [1.29, 1.82) is 0 Å². The van der Waals surface area contributed by atoms with Gasteiger partial charge in [-0.3, -0.25) is 4.79 Å². The van der Waals surface area contributed by atoms with Gasteiger partial charge < -0.3 is 10.2 Å². The lowest BCUT2D eigenvalue weighted by molar-refractivity contribution is 0.0787. The third kappa shape index (κ3) is 4.82. The summed E-state index contributed by atoms with van der Waals surface area (Å²) in [7, 11) is 1.78. The van der Waals surface area contributed by atoms with Gasteiger partial charge in [-0.25, -0.2) is 9.97 Å². The summed E-state index contributed by atoms with van der Waals surface area (Å²) in [4.78, 5) is 22.8. The largest absolute Gasteiger partial charge is 0.340 e. The topological polar surface area (TPSA) is 58.1 Å². The van der Waals surface area contributed by atoms with E-state index < -0.39 is 0 Å². The molecule has 2 aromatic rings. The molecule has 0 aliphatic heterocycles. The Balaban J connectivity index is 2.21. The molecule has 2 rings (SSSR count). The highest BCUT2D eigenvalue weighted by Gasteiger charge is 2.15. The molecule has 0 fully saturated rings. The predicted molar refractivity (Wildman–Crippen MR) is 98.4 cm³/mol. The molecule has 0 unspecified atom stereocenters. The van der Waals surface area contributed by atoms with Crippen LogP contribution in [0.3, 0.4) is 0 Å². The van der Waals surface area contributed by atoms with Crippen molar-refractivity contribution in [2.24, 2.45) is 0 Å². The summed E-state index contributed by atoms with van der Waals surface area (Å²) in [5.74, 6) is 0.228. The standard InChI is InChI=1S/C17H20Cl2N4O/c1-4-5-8-23(3)16(24)15-9-11(2)20-17(22-15)21-12-6-7-13(18)14(19)10-12/h6-7,9-10H,4-5,8H2,1-3H3,(H,20,21,22). The predicted octanol–water partition coefficient (Wildman–Crippen LogP) is 4.71. The molecule has 1 amide bonds. The molecule has 0 atom stereocenters. The monoisotopic (exact) mass is 366 g/mol. The van der Waals surface area contributed by atoms with E-state index in [0.717, 1.165) is 12.8 Å². The zero-order chi connectivity index (χ0) is 17.7. The highest BCUT2D eigenvalue weighted by Crippen LogP contribution is 2.26. The van der Waals surface area contributed by atoms with Gasteiger partial charge in [0.05, 0.1) is 10.0 Å². The number of carbonyl (C=O) groups is 1. The smallest absolute Gasteiger partial charge is 0.272 e. The maximum Gasteiger partial charge on any atom is 0.272 e. The highest BCUT2D eigenvalue weighted by atomic mass is 35.5. The Hall–Kier alpha value is -1.85. The fourth-order valence-electron chi connectivity index (χ4n) is 2.13. The summed E-state index contributed by atoms with van der Waals surface area (Å²) < 4.78 is 0. The van der Waals surface area contributed by atoms with E-state index >= 15 is 0 Å². The van der Waals surface area contributed by atoms with Crippen molar-refractivity contribution < 1.29 is 4.79 Å². The van der Waals surface area contributed by atoms with Gasteiger partial charge in [0.2, 0.25) is 5.95 Å². The Morgan fingerprint density at radius 3 is 2.62 bits per heavy atom. The second-order valence-corrected chi connectivity index (χ2v) is 6.37. The van der Waals surface area contributed by atoms with Crippen molar-refractivity contribution in [3.63, 3.8) is 0 Å². The van der Waals surface area contributed by atoms with E-state index in [2.05, 4.69) is 22.2 Å². The molecule has 5 nitrogen and oxygen atoms in total. The van der Waals surface area contributed by atoms with Gasteiger partial charge in [-0.2, -0.15) is 0 Å². The maximum atomic E-state index is 12.5. The first-order valence-electron chi connectivity index (χ1n) is 7.74. The van der Waals surface area contributed by atoms with Crippen molar-refractivity contribution >= 4 is 40.7 Å². The molecule has 0 aliphatic rings. The van der Waals surface area contributed by atoms with Gasteiger partial charge in [0, 0.05) is 25.0 Å². The summed E-state index contributed by atoms with van der Waals surface area (Å²) in [6.07, 6.45) is 1.99. The van der Waals surface area contributed by atoms with Crippen molar-refractivity contribution in [3.8, 4) is 0 Å². The number of hydrogen-bond acceptors (Lipinski definition) is 4. The third-order valence-corrected chi connectivity index (χ3v) is 4.18. The number of hydrogen-bond donors (Lipinski definition) is 1. The number of amides is 1. The average Bonchev–Trinajstić information content (AvgIpc) is 2.54. The fraction of sp³-hybridized carbons (Fsp3) is 0.353. The van der Waals surface area contributed by atoms with Crippen molar-refractivity contribution in [1.82, 2.24) is 14.9 Å². The van der Waals surface area contributed by atoms with Crippen LogP contribution in [0.15, 0.2) is 24.3 Å². The van der Waals surface area contributed by atoms with Crippen LogP contribution < -0.4 is 5.32 Å². The van der Waals surface area contributed by atoms with E-state index in [-0.39, 0.29) is 5.91 Å². The minimum absolute atomic E-state index is 0.119. The van der Waals surface area contributed by atoms with E-state index in [4.69, 9.17) is 23.2 Å². The molecule has 1 heterocycles.